The molecule has 0 bridgehead atoms. The van der Waals surface area contributed by atoms with Crippen LogP contribution in [0.1, 0.15) is 69.8 Å². The van der Waals surface area contributed by atoms with Gasteiger partial charge in [0.25, 0.3) is 0 Å². The van der Waals surface area contributed by atoms with Crippen LogP contribution >= 0.6 is 7.14 Å². The van der Waals surface area contributed by atoms with Crippen molar-refractivity contribution in [1.82, 2.24) is 0 Å². The molecule has 4 aliphatic carbocycles. The van der Waals surface area contributed by atoms with Gasteiger partial charge >= 0.3 is 0 Å². The number of hydrogen-bond donors (Lipinski definition) is 1. The summed E-state index contributed by atoms with van der Waals surface area (Å²) in [6.07, 6.45) is 7.83. The summed E-state index contributed by atoms with van der Waals surface area (Å²) in [4.78, 5) is 12.2. The normalized spacial score (nSPS) is 35.9. The molecule has 1 N–H and O–H groups in total. The molecule has 0 aliphatic heterocycles. The summed E-state index contributed by atoms with van der Waals surface area (Å²) in [5, 5.41) is 22.1. The fourth-order valence-electron chi connectivity index (χ4n) is 7.54. The molecule has 4 aliphatic rings. The summed E-state index contributed by atoms with van der Waals surface area (Å²) in [7, 11) is -2.33. The topological polar surface area (TPSA) is 78.2 Å². The zero-order chi connectivity index (χ0) is 23.6. The van der Waals surface area contributed by atoms with E-state index in [4.69, 9.17) is 0 Å². The van der Waals surface area contributed by atoms with Crippen molar-refractivity contribution in [3.8, 4) is 6.07 Å². The second kappa shape index (κ2) is 7.79. The molecule has 0 spiro atoms. The highest BCUT2D eigenvalue weighted by Gasteiger charge is 2.62. The van der Waals surface area contributed by atoms with E-state index in [1.165, 1.54) is 22.3 Å². The van der Waals surface area contributed by atoms with Gasteiger partial charge in [0.05, 0.1) is 18.1 Å². The Balaban J connectivity index is 1.66. The van der Waals surface area contributed by atoms with Crippen LogP contribution in [0.5, 0.6) is 0 Å². The van der Waals surface area contributed by atoms with Gasteiger partial charge in [0.2, 0.25) is 0 Å². The van der Waals surface area contributed by atoms with E-state index in [1.54, 1.807) is 13.3 Å². The molecule has 1 aromatic carbocycles. The molecule has 0 radical (unpaired) electrons. The first-order valence-electron chi connectivity index (χ1n) is 12.3. The molecule has 0 heterocycles. The Kier molecular flexibility index (Phi) is 5.39. The number of carbonyl (C=O) groups is 1. The predicted octanol–water partition coefficient (Wildman–Crippen LogP) is 5.48. The molecule has 5 atom stereocenters. The number of nitriles is 1. The number of fused-ring (bicyclic) bond motifs is 4. The van der Waals surface area contributed by atoms with Crippen LogP contribution in [0.3, 0.4) is 0 Å². The average Bonchev–Trinajstić information content (AvgIpc) is 3.03. The highest BCUT2D eigenvalue weighted by atomic mass is 31.2. The van der Waals surface area contributed by atoms with Gasteiger partial charge in [-0.15, -0.1) is 0 Å². The van der Waals surface area contributed by atoms with E-state index >= 15 is 0 Å². The maximum absolute atomic E-state index is 12.6. The van der Waals surface area contributed by atoms with E-state index in [-0.39, 0.29) is 23.5 Å². The van der Waals surface area contributed by atoms with Gasteiger partial charge in [-0.05, 0) is 86.5 Å². The monoisotopic (exact) mass is 463 g/mol. The van der Waals surface area contributed by atoms with Gasteiger partial charge in [-0.1, -0.05) is 36.8 Å². The van der Waals surface area contributed by atoms with Crippen molar-refractivity contribution in [2.75, 3.05) is 13.3 Å². The molecule has 2 saturated carbocycles. The summed E-state index contributed by atoms with van der Waals surface area (Å²) in [5.74, 6) is 1.12. The fourth-order valence-corrected chi connectivity index (χ4v) is 8.41. The number of ketones is 1. The lowest BCUT2D eigenvalue weighted by Gasteiger charge is -2.54. The smallest absolute Gasteiger partial charge is 0.156 e. The van der Waals surface area contributed by atoms with E-state index in [9.17, 15) is 19.7 Å². The summed E-state index contributed by atoms with van der Waals surface area (Å²) in [5.41, 5.74) is 4.00. The summed E-state index contributed by atoms with van der Waals surface area (Å²) < 4.78 is 12.6. The van der Waals surface area contributed by atoms with Gasteiger partial charge in [0.15, 0.2) is 5.78 Å². The van der Waals surface area contributed by atoms with E-state index in [2.05, 4.69) is 25.1 Å². The van der Waals surface area contributed by atoms with Crippen LogP contribution in [0, 0.1) is 28.6 Å². The van der Waals surface area contributed by atoms with E-state index in [0.29, 0.717) is 24.7 Å². The maximum atomic E-state index is 12.6. The molecule has 1 aromatic rings. The minimum atomic E-state index is -2.33. The number of benzene rings is 1. The molecule has 174 valence electrons. The van der Waals surface area contributed by atoms with Gasteiger partial charge < -0.3 is 9.67 Å². The van der Waals surface area contributed by atoms with Gasteiger partial charge in [-0.25, -0.2) is 0 Å². The Bertz CT molecular complexity index is 1150. The standard InChI is InChI=1S/C28H34NO3P/c1-27-17-24(18-4-8-21(9-5-18)33(2,3)32)26-22-11-7-20(30)16-19(22)6-10-23(26)25(27)12-13-28(27,31)14-15-29/h4-5,8-9,16,23-25,31H,6-7,10-14,17H2,1-3H3/t23-,24+,25?,27-,28+/m0/s1. The van der Waals surface area contributed by atoms with E-state index < -0.39 is 12.7 Å². The summed E-state index contributed by atoms with van der Waals surface area (Å²) >= 11 is 0. The van der Waals surface area contributed by atoms with E-state index in [1.807, 2.05) is 18.2 Å². The first-order valence-corrected chi connectivity index (χ1v) is 14.9. The number of carbonyl (C=O) groups excluding carboxylic acids is 1. The van der Waals surface area contributed by atoms with Gasteiger partial charge in [0.1, 0.15) is 7.14 Å². The molecule has 0 saturated heterocycles. The van der Waals surface area contributed by atoms with Crippen LogP contribution in [0.4, 0.5) is 0 Å². The van der Waals surface area contributed by atoms with Crippen LogP contribution in [0.15, 0.2) is 47.1 Å². The van der Waals surface area contributed by atoms with Gasteiger partial charge in [-0.2, -0.15) is 5.26 Å². The zero-order valence-corrected chi connectivity index (χ0v) is 20.8. The summed E-state index contributed by atoms with van der Waals surface area (Å²) in [6, 6.07) is 10.5. The van der Waals surface area contributed by atoms with Crippen LogP contribution in [-0.2, 0) is 9.36 Å². The Labute approximate surface area is 197 Å². The lowest BCUT2D eigenvalue weighted by molar-refractivity contribution is -0.114. The molecule has 33 heavy (non-hydrogen) atoms. The number of nitrogens with zero attached hydrogens (tertiary/aromatic N) is 1. The third-order valence-corrected chi connectivity index (χ3v) is 10.9. The van der Waals surface area contributed by atoms with Crippen molar-refractivity contribution < 1.29 is 14.5 Å². The Hall–Kier alpha value is -1.95. The first kappa shape index (κ1) is 22.8. The highest BCUT2D eigenvalue weighted by molar-refractivity contribution is 7.70. The summed E-state index contributed by atoms with van der Waals surface area (Å²) in [6.45, 7) is 5.81. The quantitative estimate of drug-likeness (QED) is 0.602. The van der Waals surface area contributed by atoms with Crippen molar-refractivity contribution >= 4 is 18.2 Å². The van der Waals surface area contributed by atoms with Crippen LogP contribution in [0.2, 0.25) is 0 Å². The minimum absolute atomic E-state index is 0.147. The average molecular weight is 464 g/mol. The second-order valence-corrected chi connectivity index (χ2v) is 14.6. The van der Waals surface area contributed by atoms with Gasteiger partial charge in [0, 0.05) is 23.1 Å². The van der Waals surface area contributed by atoms with Crippen LogP contribution < -0.4 is 5.30 Å². The molecular formula is C28H34NO3P. The Morgan fingerprint density at radius 2 is 1.88 bits per heavy atom. The number of aliphatic hydroxyl groups is 1. The molecule has 5 rings (SSSR count). The third-order valence-electron chi connectivity index (χ3n) is 9.35. The maximum Gasteiger partial charge on any atom is 0.156 e. The number of rotatable bonds is 3. The lowest BCUT2D eigenvalue weighted by atomic mass is 9.51. The van der Waals surface area contributed by atoms with E-state index in [0.717, 1.165) is 37.4 Å². The van der Waals surface area contributed by atoms with Crippen LogP contribution in [0.25, 0.3) is 0 Å². The van der Waals surface area contributed by atoms with Crippen molar-refractivity contribution in [1.29, 1.82) is 5.26 Å². The largest absolute Gasteiger partial charge is 0.388 e. The zero-order valence-electron chi connectivity index (χ0n) is 19.9. The fraction of sp³-hybridized carbons (Fsp3) is 0.571. The molecule has 2 fully saturated rings. The lowest BCUT2D eigenvalue weighted by Crippen LogP contribution is -2.51. The van der Waals surface area contributed by atoms with Crippen molar-refractivity contribution in [2.45, 2.75) is 69.8 Å². The third kappa shape index (κ3) is 3.51. The predicted molar refractivity (Wildman–Crippen MR) is 131 cm³/mol. The highest BCUT2D eigenvalue weighted by Crippen LogP contribution is 2.67. The van der Waals surface area contributed by atoms with Gasteiger partial charge in [-0.3, -0.25) is 4.79 Å². The number of allylic oxidation sites excluding steroid dienone is 4. The SMILES string of the molecule is C[C@]12C[C@H](c3ccc(P(C)(C)=O)cc3)C3=C4CCC(=O)C=C4CC[C@H]3C1CC[C@@]2(O)CC#N. The number of hydrogen-bond acceptors (Lipinski definition) is 4. The second-order valence-electron chi connectivity index (χ2n) is 11.3. The molecular weight excluding hydrogens is 429 g/mol. The molecule has 1 unspecified atom stereocenters. The molecule has 0 amide bonds. The molecule has 0 aromatic heterocycles. The Morgan fingerprint density at radius 1 is 1.15 bits per heavy atom. The first-order chi connectivity index (χ1) is 15.6. The van der Waals surface area contributed by atoms with Crippen molar-refractivity contribution in [3.63, 3.8) is 0 Å². The minimum Gasteiger partial charge on any atom is -0.388 e. The van der Waals surface area contributed by atoms with Crippen molar-refractivity contribution in [3.05, 3.63) is 52.6 Å². The van der Waals surface area contributed by atoms with Crippen molar-refractivity contribution in [2.24, 2.45) is 17.3 Å². The Morgan fingerprint density at radius 3 is 2.55 bits per heavy atom. The molecule has 5 heteroatoms. The van der Waals surface area contributed by atoms with Crippen LogP contribution in [-0.4, -0.2) is 29.8 Å². The molecule has 4 nitrogen and oxygen atoms in total.